The Morgan fingerprint density at radius 1 is 1.60 bits per heavy atom. The van der Waals surface area contributed by atoms with Crippen molar-refractivity contribution >= 4 is 23.1 Å². The van der Waals surface area contributed by atoms with Crippen molar-refractivity contribution in [1.29, 1.82) is 0 Å². The number of hydrogen-bond donors (Lipinski definition) is 2. The molecule has 1 aromatic rings. The average molecular weight is 245 g/mol. The number of aliphatic hydroxyl groups excluding tert-OH is 1. The van der Waals surface area contributed by atoms with E-state index in [0.29, 0.717) is 0 Å². The lowest BCUT2D eigenvalue weighted by molar-refractivity contribution is 0.240. The summed E-state index contributed by atoms with van der Waals surface area (Å²) in [6.45, 7) is 3.38. The number of nitrogens with one attached hydrogen (secondary N) is 1. The van der Waals surface area contributed by atoms with Crippen LogP contribution in [-0.4, -0.2) is 30.1 Å². The third-order valence-electron chi connectivity index (χ3n) is 2.11. The molecule has 1 rings (SSSR count). The largest absolute Gasteiger partial charge is 0.395 e. The normalized spacial score (nSPS) is 12.9. The molecule has 0 aromatic carbocycles. The number of hydrogen-bond acceptors (Lipinski definition) is 4. The van der Waals surface area contributed by atoms with Gasteiger partial charge in [-0.2, -0.15) is 0 Å². The number of thiophene rings is 1. The molecule has 4 heteroatoms. The minimum Gasteiger partial charge on any atom is -0.395 e. The van der Waals surface area contributed by atoms with Crippen LogP contribution < -0.4 is 5.32 Å². The summed E-state index contributed by atoms with van der Waals surface area (Å²) in [6, 6.07) is 4.48. The van der Waals surface area contributed by atoms with Gasteiger partial charge in [0.15, 0.2) is 0 Å². The van der Waals surface area contributed by atoms with Gasteiger partial charge in [0, 0.05) is 11.8 Å². The van der Waals surface area contributed by atoms with E-state index in [1.807, 2.05) is 11.8 Å². The molecule has 0 saturated carbocycles. The molecule has 0 aliphatic heterocycles. The Kier molecular flexibility index (Phi) is 7.09. The fraction of sp³-hybridized carbons (Fsp3) is 0.636. The second-order valence-electron chi connectivity index (χ2n) is 3.40. The van der Waals surface area contributed by atoms with Crippen molar-refractivity contribution in [3.8, 4) is 0 Å². The SMILES string of the molecule is CCCNC(CO)CCSc1cccs1. The Morgan fingerprint density at radius 2 is 2.47 bits per heavy atom. The zero-order chi connectivity index (χ0) is 10.9. The third-order valence-corrected chi connectivity index (χ3v) is 4.27. The van der Waals surface area contributed by atoms with Gasteiger partial charge in [0.1, 0.15) is 0 Å². The van der Waals surface area contributed by atoms with E-state index in [1.165, 1.54) is 4.21 Å². The van der Waals surface area contributed by atoms with E-state index < -0.39 is 0 Å². The maximum atomic E-state index is 9.14. The molecule has 0 radical (unpaired) electrons. The van der Waals surface area contributed by atoms with Crippen molar-refractivity contribution in [2.24, 2.45) is 0 Å². The Balaban J connectivity index is 2.11. The molecule has 86 valence electrons. The van der Waals surface area contributed by atoms with Gasteiger partial charge in [0.2, 0.25) is 0 Å². The van der Waals surface area contributed by atoms with Gasteiger partial charge in [-0.1, -0.05) is 13.0 Å². The van der Waals surface area contributed by atoms with Crippen LogP contribution in [0.5, 0.6) is 0 Å². The van der Waals surface area contributed by atoms with Gasteiger partial charge in [-0.05, 0) is 30.8 Å². The van der Waals surface area contributed by atoms with E-state index >= 15 is 0 Å². The molecule has 2 nitrogen and oxygen atoms in total. The van der Waals surface area contributed by atoms with Crippen LogP contribution in [0.15, 0.2) is 21.7 Å². The maximum absolute atomic E-state index is 9.14. The zero-order valence-corrected chi connectivity index (χ0v) is 10.7. The summed E-state index contributed by atoms with van der Waals surface area (Å²) in [7, 11) is 0. The van der Waals surface area contributed by atoms with Gasteiger partial charge >= 0.3 is 0 Å². The molecule has 2 N–H and O–H groups in total. The molecule has 0 aliphatic carbocycles. The topological polar surface area (TPSA) is 32.3 Å². The van der Waals surface area contributed by atoms with Gasteiger partial charge in [-0.3, -0.25) is 0 Å². The van der Waals surface area contributed by atoms with E-state index in [1.54, 1.807) is 11.3 Å². The lowest BCUT2D eigenvalue weighted by atomic mass is 10.2. The summed E-state index contributed by atoms with van der Waals surface area (Å²) in [6.07, 6.45) is 2.15. The van der Waals surface area contributed by atoms with Crippen LogP contribution in [0.4, 0.5) is 0 Å². The lowest BCUT2D eigenvalue weighted by Crippen LogP contribution is -2.33. The molecule has 0 saturated heterocycles. The standard InChI is InChI=1S/C11H19NOS2/c1-2-6-12-10(9-13)5-8-15-11-4-3-7-14-11/h3-4,7,10,12-13H,2,5-6,8-9H2,1H3. The summed E-state index contributed by atoms with van der Waals surface area (Å²) < 4.78 is 1.36. The van der Waals surface area contributed by atoms with Crippen LogP contribution >= 0.6 is 23.1 Å². The van der Waals surface area contributed by atoms with E-state index in [4.69, 9.17) is 5.11 Å². The van der Waals surface area contributed by atoms with Gasteiger partial charge in [-0.25, -0.2) is 0 Å². The summed E-state index contributed by atoms with van der Waals surface area (Å²) >= 11 is 3.65. The molecule has 1 atom stereocenters. The summed E-state index contributed by atoms with van der Waals surface area (Å²) in [4.78, 5) is 0. The monoisotopic (exact) mass is 245 g/mol. The first-order chi connectivity index (χ1) is 7.36. The molecular formula is C11H19NOS2. The van der Waals surface area contributed by atoms with Crippen LogP contribution in [0.2, 0.25) is 0 Å². The van der Waals surface area contributed by atoms with Crippen LogP contribution in [0.3, 0.4) is 0 Å². The molecule has 0 aliphatic rings. The third kappa shape index (κ3) is 5.56. The number of thioether (sulfide) groups is 1. The second kappa shape index (κ2) is 8.16. The van der Waals surface area contributed by atoms with Crippen molar-refractivity contribution in [1.82, 2.24) is 5.32 Å². The summed E-state index contributed by atoms with van der Waals surface area (Å²) in [5.41, 5.74) is 0. The highest BCUT2D eigenvalue weighted by Crippen LogP contribution is 2.24. The van der Waals surface area contributed by atoms with Crippen LogP contribution in [0, 0.1) is 0 Å². The van der Waals surface area contributed by atoms with Crippen molar-refractivity contribution in [2.45, 2.75) is 30.0 Å². The highest BCUT2D eigenvalue weighted by Gasteiger charge is 2.05. The number of rotatable bonds is 8. The first-order valence-electron chi connectivity index (χ1n) is 5.37. The average Bonchev–Trinajstić information content (AvgIpc) is 2.76. The van der Waals surface area contributed by atoms with E-state index in [-0.39, 0.29) is 12.6 Å². The highest BCUT2D eigenvalue weighted by molar-refractivity contribution is 8.01. The Hall–Kier alpha value is -0.0300. The maximum Gasteiger partial charge on any atom is 0.0598 e. The lowest BCUT2D eigenvalue weighted by Gasteiger charge is -2.14. The Labute approximate surface area is 100 Å². The van der Waals surface area contributed by atoms with Gasteiger partial charge in [0.05, 0.1) is 10.8 Å². The smallest absolute Gasteiger partial charge is 0.0598 e. The minimum atomic E-state index is 0.241. The fourth-order valence-corrected chi connectivity index (χ4v) is 3.17. The molecule has 0 bridgehead atoms. The van der Waals surface area contributed by atoms with Crippen LogP contribution in [0.25, 0.3) is 0 Å². The highest BCUT2D eigenvalue weighted by atomic mass is 32.2. The predicted octanol–water partition coefficient (Wildman–Crippen LogP) is 2.59. The quantitative estimate of drug-likeness (QED) is 0.691. The summed E-state index contributed by atoms with van der Waals surface area (Å²) in [5, 5.41) is 14.6. The molecule has 1 aromatic heterocycles. The summed E-state index contributed by atoms with van der Waals surface area (Å²) in [5.74, 6) is 1.07. The van der Waals surface area contributed by atoms with Crippen LogP contribution in [0.1, 0.15) is 19.8 Å². The van der Waals surface area contributed by atoms with Crippen LogP contribution in [-0.2, 0) is 0 Å². The molecule has 0 spiro atoms. The van der Waals surface area contributed by atoms with Gasteiger partial charge in [-0.15, -0.1) is 23.1 Å². The van der Waals surface area contributed by atoms with Gasteiger partial charge < -0.3 is 10.4 Å². The fourth-order valence-electron chi connectivity index (χ4n) is 1.25. The van der Waals surface area contributed by atoms with E-state index in [0.717, 1.165) is 25.1 Å². The first kappa shape index (κ1) is 13.0. The Bertz CT molecular complexity index is 239. The molecule has 1 unspecified atom stereocenters. The zero-order valence-electron chi connectivity index (χ0n) is 9.11. The van der Waals surface area contributed by atoms with E-state index in [9.17, 15) is 0 Å². The first-order valence-corrected chi connectivity index (χ1v) is 7.24. The molecule has 1 heterocycles. The number of aliphatic hydroxyl groups is 1. The Morgan fingerprint density at radius 3 is 3.07 bits per heavy atom. The molecule has 0 amide bonds. The predicted molar refractivity (Wildman–Crippen MR) is 68.8 cm³/mol. The van der Waals surface area contributed by atoms with Crippen molar-refractivity contribution in [3.63, 3.8) is 0 Å². The van der Waals surface area contributed by atoms with Gasteiger partial charge in [0.25, 0.3) is 0 Å². The van der Waals surface area contributed by atoms with E-state index in [2.05, 4.69) is 29.8 Å². The molecular weight excluding hydrogens is 226 g/mol. The molecule has 15 heavy (non-hydrogen) atoms. The van der Waals surface area contributed by atoms with Crippen molar-refractivity contribution in [3.05, 3.63) is 17.5 Å². The molecule has 0 fully saturated rings. The second-order valence-corrected chi connectivity index (χ2v) is 5.75. The van der Waals surface area contributed by atoms with Crippen molar-refractivity contribution < 1.29 is 5.11 Å². The van der Waals surface area contributed by atoms with Crippen molar-refractivity contribution in [2.75, 3.05) is 18.9 Å². The minimum absolute atomic E-state index is 0.241.